The summed E-state index contributed by atoms with van der Waals surface area (Å²) < 4.78 is 0. The van der Waals surface area contributed by atoms with Gasteiger partial charge in [0, 0.05) is 5.70 Å². The van der Waals surface area contributed by atoms with Gasteiger partial charge in [-0.15, -0.1) is 0 Å². The Morgan fingerprint density at radius 2 is 2.10 bits per heavy atom. The Morgan fingerprint density at radius 3 is 2.60 bits per heavy atom. The molecule has 0 bridgehead atoms. The van der Waals surface area contributed by atoms with Crippen molar-refractivity contribution in [1.29, 1.82) is 0 Å². The molecule has 1 aliphatic carbocycles. The second-order valence-corrected chi connectivity index (χ2v) is 2.49. The zero-order chi connectivity index (χ0) is 7.72. The van der Waals surface area contributed by atoms with Gasteiger partial charge in [0.05, 0.1) is 0 Å². The minimum absolute atomic E-state index is 0.326. The highest BCUT2D eigenvalue weighted by molar-refractivity contribution is 5.30. The van der Waals surface area contributed by atoms with Gasteiger partial charge in [-0.05, 0) is 13.0 Å². The van der Waals surface area contributed by atoms with Gasteiger partial charge in [-0.1, -0.05) is 11.6 Å². The van der Waals surface area contributed by atoms with Crippen molar-refractivity contribution in [2.45, 2.75) is 19.1 Å². The van der Waals surface area contributed by atoms with E-state index >= 15 is 0 Å². The number of nitrogens with two attached hydrogens (primary N) is 1. The molecule has 3 nitrogen and oxygen atoms in total. The normalized spacial score (nSPS) is 33.1. The molecule has 4 N–H and O–H groups in total. The molecule has 56 valence electrons. The van der Waals surface area contributed by atoms with Gasteiger partial charge in [-0.25, -0.2) is 0 Å². The molecule has 0 aromatic rings. The molecule has 2 atom stereocenters. The first-order valence-corrected chi connectivity index (χ1v) is 3.13. The Labute approximate surface area is 59.5 Å². The molecule has 1 rings (SSSR count). The molecule has 0 saturated carbocycles. The largest absolute Gasteiger partial charge is 0.400 e. The van der Waals surface area contributed by atoms with Gasteiger partial charge in [-0.2, -0.15) is 0 Å². The average Bonchev–Trinajstić information content (AvgIpc) is 1.82. The van der Waals surface area contributed by atoms with E-state index in [-0.39, 0.29) is 0 Å². The van der Waals surface area contributed by atoms with Crippen molar-refractivity contribution in [2.24, 2.45) is 5.73 Å². The summed E-state index contributed by atoms with van der Waals surface area (Å²) in [6, 6.07) is 0. The summed E-state index contributed by atoms with van der Waals surface area (Å²) in [6.07, 6.45) is 1.45. The summed E-state index contributed by atoms with van der Waals surface area (Å²) in [5.41, 5.74) is 6.58. The molecule has 10 heavy (non-hydrogen) atoms. The number of hydrogen-bond acceptors (Lipinski definition) is 3. The van der Waals surface area contributed by atoms with Crippen LogP contribution in [-0.4, -0.2) is 22.4 Å². The van der Waals surface area contributed by atoms with E-state index in [1.54, 1.807) is 12.2 Å². The van der Waals surface area contributed by atoms with Crippen LogP contribution in [0.5, 0.6) is 0 Å². The van der Waals surface area contributed by atoms with Crippen LogP contribution >= 0.6 is 0 Å². The third kappa shape index (κ3) is 1.20. The first kappa shape index (κ1) is 7.31. The van der Waals surface area contributed by atoms with Crippen LogP contribution in [0.2, 0.25) is 0 Å². The maximum Gasteiger partial charge on any atom is 0.123 e. The molecule has 0 aliphatic heterocycles. The van der Waals surface area contributed by atoms with E-state index in [0.29, 0.717) is 5.70 Å². The number of allylic oxidation sites excluding steroid dienone is 2. The Morgan fingerprint density at radius 1 is 1.50 bits per heavy atom. The number of aliphatic hydroxyl groups is 2. The van der Waals surface area contributed by atoms with E-state index in [1.165, 1.54) is 0 Å². The van der Waals surface area contributed by atoms with E-state index in [9.17, 15) is 0 Å². The average molecular weight is 141 g/mol. The van der Waals surface area contributed by atoms with E-state index in [1.807, 2.05) is 6.92 Å². The van der Waals surface area contributed by atoms with Crippen LogP contribution in [0.4, 0.5) is 0 Å². The number of hydrogen-bond donors (Lipinski definition) is 3. The lowest BCUT2D eigenvalue weighted by Crippen LogP contribution is -2.32. The molecule has 0 heterocycles. The van der Waals surface area contributed by atoms with Crippen LogP contribution in [0.3, 0.4) is 0 Å². The molecule has 1 aliphatic rings. The summed E-state index contributed by atoms with van der Waals surface area (Å²) >= 11 is 0. The minimum atomic E-state index is -0.927. The Bertz CT molecular complexity index is 196. The third-order valence-corrected chi connectivity index (χ3v) is 1.49. The number of rotatable bonds is 0. The van der Waals surface area contributed by atoms with Crippen molar-refractivity contribution in [3.8, 4) is 0 Å². The quantitative estimate of drug-likeness (QED) is 0.426. The van der Waals surface area contributed by atoms with Gasteiger partial charge in [0.1, 0.15) is 12.2 Å². The third-order valence-electron chi connectivity index (χ3n) is 1.49. The van der Waals surface area contributed by atoms with Gasteiger partial charge in [0.25, 0.3) is 0 Å². The molecular formula is C7H11NO2. The van der Waals surface area contributed by atoms with E-state index < -0.39 is 12.2 Å². The van der Waals surface area contributed by atoms with Gasteiger partial charge >= 0.3 is 0 Å². The van der Waals surface area contributed by atoms with Crippen molar-refractivity contribution in [2.75, 3.05) is 0 Å². The van der Waals surface area contributed by atoms with E-state index in [2.05, 4.69) is 0 Å². The lowest BCUT2D eigenvalue weighted by atomic mass is 10.0. The first-order chi connectivity index (χ1) is 4.61. The lowest BCUT2D eigenvalue weighted by Gasteiger charge is -2.19. The lowest BCUT2D eigenvalue weighted by molar-refractivity contribution is 0.0699. The highest BCUT2D eigenvalue weighted by Crippen LogP contribution is 2.13. The smallest absolute Gasteiger partial charge is 0.123 e. The zero-order valence-electron chi connectivity index (χ0n) is 5.78. The van der Waals surface area contributed by atoms with Crippen LogP contribution in [0.15, 0.2) is 23.4 Å². The van der Waals surface area contributed by atoms with Gasteiger partial charge in [0.2, 0.25) is 0 Å². The second-order valence-electron chi connectivity index (χ2n) is 2.49. The summed E-state index contributed by atoms with van der Waals surface area (Å²) in [5.74, 6) is 0. The standard InChI is InChI=1S/C7H11NO2/c1-4-2-5(8)7(10)6(9)3-4/h2-3,6-7,9-10H,8H2,1H3. The molecule has 0 aromatic heterocycles. The Balaban J connectivity index is 2.85. The fourth-order valence-electron chi connectivity index (χ4n) is 0.954. The van der Waals surface area contributed by atoms with Crippen LogP contribution in [0.25, 0.3) is 0 Å². The highest BCUT2D eigenvalue weighted by Gasteiger charge is 2.19. The fraction of sp³-hybridized carbons (Fsp3) is 0.429. The number of aliphatic hydroxyl groups excluding tert-OH is 2. The maximum atomic E-state index is 9.08. The van der Waals surface area contributed by atoms with Crippen LogP contribution in [-0.2, 0) is 0 Å². The molecule has 0 fully saturated rings. The maximum absolute atomic E-state index is 9.08. The zero-order valence-corrected chi connectivity index (χ0v) is 5.78. The molecule has 0 amide bonds. The predicted molar refractivity (Wildman–Crippen MR) is 38.0 cm³/mol. The molecule has 0 saturated heterocycles. The summed E-state index contributed by atoms with van der Waals surface area (Å²) in [5, 5.41) is 18.1. The van der Waals surface area contributed by atoms with Crippen LogP contribution in [0.1, 0.15) is 6.92 Å². The van der Waals surface area contributed by atoms with Crippen molar-refractivity contribution in [3.63, 3.8) is 0 Å². The Hall–Kier alpha value is -0.800. The Kier molecular flexibility index (Phi) is 1.78. The molecule has 0 radical (unpaired) electrons. The van der Waals surface area contributed by atoms with Crippen molar-refractivity contribution in [1.82, 2.24) is 0 Å². The van der Waals surface area contributed by atoms with Gasteiger partial charge in [0.15, 0.2) is 0 Å². The minimum Gasteiger partial charge on any atom is -0.400 e. The molecular weight excluding hydrogens is 130 g/mol. The molecule has 0 aromatic carbocycles. The second kappa shape index (κ2) is 2.44. The summed E-state index contributed by atoms with van der Waals surface area (Å²) in [6.45, 7) is 1.82. The van der Waals surface area contributed by atoms with Crippen molar-refractivity contribution in [3.05, 3.63) is 23.4 Å². The molecule has 0 spiro atoms. The predicted octanol–water partition coefficient (Wildman–Crippen LogP) is -0.489. The van der Waals surface area contributed by atoms with Crippen LogP contribution < -0.4 is 5.73 Å². The summed E-state index contributed by atoms with van der Waals surface area (Å²) in [7, 11) is 0. The first-order valence-electron chi connectivity index (χ1n) is 3.13. The molecule has 2 unspecified atom stereocenters. The van der Waals surface area contributed by atoms with E-state index in [0.717, 1.165) is 5.57 Å². The van der Waals surface area contributed by atoms with Crippen molar-refractivity contribution < 1.29 is 10.2 Å². The van der Waals surface area contributed by atoms with Gasteiger partial charge in [-0.3, -0.25) is 0 Å². The summed E-state index contributed by atoms with van der Waals surface area (Å²) in [4.78, 5) is 0. The van der Waals surface area contributed by atoms with Crippen LogP contribution in [0, 0.1) is 0 Å². The fourth-order valence-corrected chi connectivity index (χ4v) is 0.954. The highest BCUT2D eigenvalue weighted by atomic mass is 16.3. The molecule has 3 heteroatoms. The van der Waals surface area contributed by atoms with E-state index in [4.69, 9.17) is 15.9 Å². The topological polar surface area (TPSA) is 66.5 Å². The monoisotopic (exact) mass is 141 g/mol. The SMILES string of the molecule is CC1=CC(O)C(O)C(N)=C1. The van der Waals surface area contributed by atoms with Crippen molar-refractivity contribution >= 4 is 0 Å². The van der Waals surface area contributed by atoms with Gasteiger partial charge < -0.3 is 15.9 Å².